The number of benzene rings is 2. The third-order valence-corrected chi connectivity index (χ3v) is 6.42. The largest absolute Gasteiger partial charge is 0.489 e. The van der Waals surface area contributed by atoms with Crippen LogP contribution in [0, 0.1) is 0 Å². The Balaban J connectivity index is 1.64. The molecule has 0 N–H and O–H groups in total. The second-order valence-electron chi connectivity index (χ2n) is 7.53. The van der Waals surface area contributed by atoms with Gasteiger partial charge in [0.25, 0.3) is 0 Å². The maximum absolute atomic E-state index is 6.48. The summed E-state index contributed by atoms with van der Waals surface area (Å²) >= 11 is 19.3. The first-order valence-corrected chi connectivity index (χ1v) is 11.0. The molecule has 2 aromatic carbocycles. The summed E-state index contributed by atoms with van der Waals surface area (Å²) in [6.45, 7) is 4.63. The van der Waals surface area contributed by atoms with Crippen molar-refractivity contribution in [1.29, 1.82) is 0 Å². The molecule has 6 heteroatoms. The van der Waals surface area contributed by atoms with Crippen LogP contribution >= 0.6 is 34.8 Å². The molecule has 1 aliphatic carbocycles. The van der Waals surface area contributed by atoms with E-state index in [1.165, 1.54) is 0 Å². The van der Waals surface area contributed by atoms with Gasteiger partial charge in [0.05, 0.1) is 15.6 Å². The number of ether oxygens (including phenoxy) is 1. The molecule has 0 unspecified atom stereocenters. The van der Waals surface area contributed by atoms with Gasteiger partial charge in [0.15, 0.2) is 0 Å². The highest BCUT2D eigenvalue weighted by molar-refractivity contribution is 6.39. The van der Waals surface area contributed by atoms with Crippen LogP contribution < -0.4 is 4.74 Å². The first-order valence-electron chi connectivity index (χ1n) is 9.84. The Morgan fingerprint density at radius 2 is 1.83 bits per heavy atom. The van der Waals surface area contributed by atoms with Crippen molar-refractivity contribution < 1.29 is 9.26 Å². The highest BCUT2D eigenvalue weighted by atomic mass is 35.5. The first kappa shape index (κ1) is 20.6. The van der Waals surface area contributed by atoms with Crippen LogP contribution in [-0.4, -0.2) is 5.16 Å². The van der Waals surface area contributed by atoms with Gasteiger partial charge in [-0.15, -0.1) is 0 Å². The highest BCUT2D eigenvalue weighted by Crippen LogP contribution is 2.46. The maximum Gasteiger partial charge on any atom is 0.147 e. The van der Waals surface area contributed by atoms with E-state index in [9.17, 15) is 0 Å². The summed E-state index contributed by atoms with van der Waals surface area (Å²) in [5.74, 6) is 2.36. The zero-order chi connectivity index (χ0) is 20.5. The Labute approximate surface area is 185 Å². The van der Waals surface area contributed by atoms with Crippen LogP contribution in [-0.2, 0) is 6.61 Å². The van der Waals surface area contributed by atoms with Crippen molar-refractivity contribution >= 4 is 34.8 Å². The van der Waals surface area contributed by atoms with Crippen LogP contribution in [0.3, 0.4) is 0 Å². The molecular weight excluding hydrogens is 429 g/mol. The van der Waals surface area contributed by atoms with E-state index in [1.807, 2.05) is 24.3 Å². The van der Waals surface area contributed by atoms with Crippen molar-refractivity contribution in [3.05, 3.63) is 68.4 Å². The van der Waals surface area contributed by atoms with Crippen LogP contribution in [0.2, 0.25) is 15.1 Å². The zero-order valence-electron chi connectivity index (χ0n) is 16.3. The highest BCUT2D eigenvalue weighted by Gasteiger charge is 2.33. The Morgan fingerprint density at radius 3 is 2.45 bits per heavy atom. The van der Waals surface area contributed by atoms with E-state index in [4.69, 9.17) is 44.1 Å². The third kappa shape index (κ3) is 4.28. The minimum Gasteiger partial charge on any atom is -0.489 e. The third-order valence-electron chi connectivity index (χ3n) is 5.46. The van der Waals surface area contributed by atoms with E-state index >= 15 is 0 Å². The monoisotopic (exact) mass is 449 g/mol. The molecule has 1 aromatic heterocycles. The molecule has 1 heterocycles. The average Bonchev–Trinajstić information content (AvgIpc) is 3.46. The van der Waals surface area contributed by atoms with Gasteiger partial charge < -0.3 is 9.26 Å². The fourth-order valence-electron chi connectivity index (χ4n) is 3.42. The SMILES string of the molecule is CC[C@@H](C)c1ccc(OCc2c(-c3c(Cl)cccc3Cl)noc2C2CC2)cc1Cl. The van der Waals surface area contributed by atoms with Gasteiger partial charge in [-0.05, 0) is 55.0 Å². The lowest BCUT2D eigenvalue weighted by atomic mass is 9.98. The molecule has 1 aliphatic rings. The number of nitrogens with zero attached hydrogens (tertiary/aromatic N) is 1. The summed E-state index contributed by atoms with van der Waals surface area (Å²) in [4.78, 5) is 0. The summed E-state index contributed by atoms with van der Waals surface area (Å²) in [5.41, 5.74) is 3.35. The molecule has 0 saturated heterocycles. The van der Waals surface area contributed by atoms with Gasteiger partial charge >= 0.3 is 0 Å². The predicted octanol–water partition coefficient (Wildman–Crippen LogP) is 8.27. The van der Waals surface area contributed by atoms with E-state index < -0.39 is 0 Å². The van der Waals surface area contributed by atoms with E-state index in [2.05, 4.69) is 19.0 Å². The number of halogens is 3. The summed E-state index contributed by atoms with van der Waals surface area (Å²) in [5, 5.41) is 6.09. The van der Waals surface area contributed by atoms with Crippen molar-refractivity contribution in [3.8, 4) is 17.0 Å². The molecule has 0 radical (unpaired) electrons. The van der Waals surface area contributed by atoms with Crippen molar-refractivity contribution in [2.45, 2.75) is 51.6 Å². The van der Waals surface area contributed by atoms with E-state index in [0.29, 0.717) is 45.5 Å². The zero-order valence-corrected chi connectivity index (χ0v) is 18.6. The van der Waals surface area contributed by atoms with Gasteiger partial charge in [0.2, 0.25) is 0 Å². The van der Waals surface area contributed by atoms with E-state index in [0.717, 1.165) is 41.2 Å². The first-order chi connectivity index (χ1) is 14.0. The number of hydrogen-bond donors (Lipinski definition) is 0. The molecule has 1 saturated carbocycles. The van der Waals surface area contributed by atoms with E-state index in [-0.39, 0.29) is 0 Å². The van der Waals surface area contributed by atoms with Gasteiger partial charge in [-0.1, -0.05) is 65.9 Å². The smallest absolute Gasteiger partial charge is 0.147 e. The fraction of sp³-hybridized carbons (Fsp3) is 0.348. The topological polar surface area (TPSA) is 35.3 Å². The Hall–Kier alpha value is -1.68. The van der Waals surface area contributed by atoms with Crippen LogP contribution in [0.5, 0.6) is 5.75 Å². The average molecular weight is 451 g/mol. The molecule has 3 aromatic rings. The van der Waals surface area contributed by atoms with Crippen LogP contribution in [0.1, 0.15) is 61.8 Å². The minimum atomic E-state index is 0.311. The summed E-state index contributed by atoms with van der Waals surface area (Å²) < 4.78 is 11.8. The summed E-state index contributed by atoms with van der Waals surface area (Å²) in [6.07, 6.45) is 3.22. The second kappa shape index (κ2) is 8.59. The molecule has 0 amide bonds. The lowest BCUT2D eigenvalue weighted by Crippen LogP contribution is -2.01. The predicted molar refractivity (Wildman–Crippen MR) is 118 cm³/mol. The molecule has 152 valence electrons. The van der Waals surface area contributed by atoms with Crippen LogP contribution in [0.25, 0.3) is 11.3 Å². The van der Waals surface area contributed by atoms with Crippen LogP contribution in [0.4, 0.5) is 0 Å². The Morgan fingerprint density at radius 1 is 1.10 bits per heavy atom. The number of hydrogen-bond acceptors (Lipinski definition) is 3. The summed E-state index contributed by atoms with van der Waals surface area (Å²) in [6, 6.07) is 11.3. The number of aromatic nitrogens is 1. The Kier molecular flexibility index (Phi) is 6.10. The molecule has 29 heavy (non-hydrogen) atoms. The second-order valence-corrected chi connectivity index (χ2v) is 8.75. The molecular formula is C23H22Cl3NO2. The van der Waals surface area contributed by atoms with Crippen molar-refractivity contribution in [2.75, 3.05) is 0 Å². The molecule has 4 rings (SSSR count). The van der Waals surface area contributed by atoms with Gasteiger partial charge in [-0.3, -0.25) is 0 Å². The normalized spacial score (nSPS) is 14.8. The molecule has 1 fully saturated rings. The van der Waals surface area contributed by atoms with Gasteiger partial charge in [0, 0.05) is 16.5 Å². The number of rotatable bonds is 7. The molecule has 0 spiro atoms. The molecule has 1 atom stereocenters. The Bertz CT molecular complexity index is 1010. The van der Waals surface area contributed by atoms with Gasteiger partial charge in [-0.2, -0.15) is 0 Å². The standard InChI is InChI=1S/C23H22Cl3NO2/c1-3-13(2)16-10-9-15(11-20(16)26)28-12-17-22(27-29-23(17)14-7-8-14)21-18(24)5-4-6-19(21)25/h4-6,9-11,13-14H,3,7-8,12H2,1-2H3/t13-/m1/s1. The minimum absolute atomic E-state index is 0.311. The van der Waals surface area contributed by atoms with Crippen molar-refractivity contribution in [3.63, 3.8) is 0 Å². The fourth-order valence-corrected chi connectivity index (χ4v) is 4.35. The molecule has 0 bridgehead atoms. The summed E-state index contributed by atoms with van der Waals surface area (Å²) in [7, 11) is 0. The maximum atomic E-state index is 6.48. The lowest BCUT2D eigenvalue weighted by Gasteiger charge is -2.14. The quantitative estimate of drug-likeness (QED) is 0.363. The van der Waals surface area contributed by atoms with Gasteiger partial charge in [0.1, 0.15) is 23.8 Å². The van der Waals surface area contributed by atoms with Crippen LogP contribution in [0.15, 0.2) is 40.9 Å². The van der Waals surface area contributed by atoms with Gasteiger partial charge in [-0.25, -0.2) is 0 Å². The molecule has 3 nitrogen and oxygen atoms in total. The van der Waals surface area contributed by atoms with Crippen molar-refractivity contribution in [2.24, 2.45) is 0 Å². The van der Waals surface area contributed by atoms with E-state index in [1.54, 1.807) is 12.1 Å². The molecule has 0 aliphatic heterocycles. The van der Waals surface area contributed by atoms with Crippen molar-refractivity contribution in [1.82, 2.24) is 5.16 Å². The lowest BCUT2D eigenvalue weighted by molar-refractivity contribution is 0.300.